The smallest absolute Gasteiger partial charge is 0.262 e. The average molecular weight is 388 g/mol. The van der Waals surface area contributed by atoms with Crippen molar-refractivity contribution in [2.24, 2.45) is 11.8 Å². The van der Waals surface area contributed by atoms with Crippen LogP contribution in [-0.2, 0) is 4.79 Å². The molecule has 1 saturated carbocycles. The summed E-state index contributed by atoms with van der Waals surface area (Å²) in [6.07, 6.45) is 3.46. The van der Waals surface area contributed by atoms with Crippen molar-refractivity contribution in [2.45, 2.75) is 64.2 Å². The number of thioether (sulfide) groups is 1. The van der Waals surface area contributed by atoms with Crippen molar-refractivity contribution in [2.75, 3.05) is 5.75 Å². The molecule has 1 aromatic carbocycles. The van der Waals surface area contributed by atoms with Crippen LogP contribution in [-0.4, -0.2) is 27.3 Å². The first-order chi connectivity index (χ1) is 12.9. The van der Waals surface area contributed by atoms with Gasteiger partial charge in [-0.15, -0.1) is 0 Å². The van der Waals surface area contributed by atoms with Crippen molar-refractivity contribution in [1.82, 2.24) is 14.9 Å². The molecule has 5 nitrogen and oxygen atoms in total. The Hall–Kier alpha value is -1.82. The van der Waals surface area contributed by atoms with Crippen LogP contribution in [0.3, 0.4) is 0 Å². The Morgan fingerprint density at radius 1 is 1.30 bits per heavy atom. The van der Waals surface area contributed by atoms with Gasteiger partial charge in [0.15, 0.2) is 5.16 Å². The number of aromatic nitrogens is 2. The summed E-state index contributed by atoms with van der Waals surface area (Å²) >= 11 is 1.34. The maximum atomic E-state index is 12.8. The molecule has 1 heterocycles. The summed E-state index contributed by atoms with van der Waals surface area (Å²) in [7, 11) is 0. The van der Waals surface area contributed by atoms with Crippen LogP contribution in [0.1, 0.15) is 53.0 Å². The van der Waals surface area contributed by atoms with Crippen LogP contribution in [0.25, 0.3) is 10.9 Å². The molecule has 6 heteroatoms. The minimum absolute atomic E-state index is 0.0145. The first-order valence-corrected chi connectivity index (χ1v) is 10.8. The largest absolute Gasteiger partial charge is 0.352 e. The number of hydrogen-bond acceptors (Lipinski definition) is 4. The quantitative estimate of drug-likeness (QED) is 0.622. The normalized spacial score (nSPS) is 22.9. The van der Waals surface area contributed by atoms with Gasteiger partial charge in [-0.2, -0.15) is 0 Å². The second-order valence-corrected chi connectivity index (χ2v) is 8.85. The van der Waals surface area contributed by atoms with Crippen LogP contribution < -0.4 is 10.9 Å². The molecule has 0 saturated heterocycles. The molecule has 1 aliphatic carbocycles. The van der Waals surface area contributed by atoms with E-state index in [0.717, 1.165) is 6.42 Å². The zero-order valence-corrected chi connectivity index (χ0v) is 17.4. The molecule has 2 aromatic rings. The molecule has 0 radical (unpaired) electrons. The van der Waals surface area contributed by atoms with E-state index in [4.69, 9.17) is 0 Å². The lowest BCUT2D eigenvalue weighted by atomic mass is 9.78. The number of amides is 1. The lowest BCUT2D eigenvalue weighted by Crippen LogP contribution is -2.44. The summed E-state index contributed by atoms with van der Waals surface area (Å²) in [5.74, 6) is 1.43. The Labute approximate surface area is 164 Å². The van der Waals surface area contributed by atoms with Crippen LogP contribution in [0.5, 0.6) is 0 Å². The van der Waals surface area contributed by atoms with Crippen molar-refractivity contribution in [3.8, 4) is 0 Å². The number of carbonyl (C=O) groups is 1. The molecule has 3 unspecified atom stereocenters. The predicted octanol–water partition coefficient (Wildman–Crippen LogP) is 4.01. The SMILES string of the molecule is CC1CCCC(NC(=O)CSc2nc3ccccc3c(=O)n2C(C)C)C1C. The lowest BCUT2D eigenvalue weighted by molar-refractivity contribution is -0.120. The molecule has 1 amide bonds. The molecule has 1 fully saturated rings. The predicted molar refractivity (Wildman–Crippen MR) is 111 cm³/mol. The van der Waals surface area contributed by atoms with E-state index in [9.17, 15) is 9.59 Å². The zero-order valence-electron chi connectivity index (χ0n) is 16.6. The number of benzene rings is 1. The summed E-state index contributed by atoms with van der Waals surface area (Å²) in [6.45, 7) is 8.42. The van der Waals surface area contributed by atoms with Gasteiger partial charge in [-0.1, -0.05) is 50.6 Å². The fourth-order valence-corrected chi connectivity index (χ4v) is 4.79. The summed E-state index contributed by atoms with van der Waals surface area (Å²) in [5.41, 5.74) is 0.630. The molecule has 3 rings (SSSR count). The molecule has 3 atom stereocenters. The Balaban J connectivity index is 1.75. The Kier molecular flexibility index (Phi) is 6.25. The van der Waals surface area contributed by atoms with Gasteiger partial charge in [0.2, 0.25) is 5.91 Å². The number of nitrogens with one attached hydrogen (secondary N) is 1. The number of rotatable bonds is 5. The van der Waals surface area contributed by atoms with E-state index >= 15 is 0 Å². The molecule has 146 valence electrons. The van der Waals surface area contributed by atoms with Gasteiger partial charge in [-0.3, -0.25) is 14.2 Å². The summed E-state index contributed by atoms with van der Waals surface area (Å²) in [5, 5.41) is 4.42. The van der Waals surface area contributed by atoms with Gasteiger partial charge in [0, 0.05) is 12.1 Å². The van der Waals surface area contributed by atoms with E-state index in [1.54, 1.807) is 10.6 Å². The summed E-state index contributed by atoms with van der Waals surface area (Å²) in [4.78, 5) is 30.0. The number of hydrogen-bond donors (Lipinski definition) is 1. The van der Waals surface area contributed by atoms with Crippen LogP contribution in [0.4, 0.5) is 0 Å². The van der Waals surface area contributed by atoms with Crippen molar-refractivity contribution in [1.29, 1.82) is 0 Å². The number of para-hydroxylation sites is 1. The highest BCUT2D eigenvalue weighted by atomic mass is 32.2. The monoisotopic (exact) mass is 387 g/mol. The van der Waals surface area contributed by atoms with Crippen molar-refractivity contribution in [3.63, 3.8) is 0 Å². The van der Waals surface area contributed by atoms with E-state index in [0.29, 0.717) is 27.9 Å². The van der Waals surface area contributed by atoms with E-state index in [-0.39, 0.29) is 29.3 Å². The van der Waals surface area contributed by atoms with Gasteiger partial charge >= 0.3 is 0 Å². The van der Waals surface area contributed by atoms with Crippen molar-refractivity contribution >= 4 is 28.6 Å². The van der Waals surface area contributed by atoms with Crippen LogP contribution >= 0.6 is 11.8 Å². The highest BCUT2D eigenvalue weighted by Crippen LogP contribution is 2.29. The first kappa shape index (κ1) is 19.9. The Morgan fingerprint density at radius 2 is 2.04 bits per heavy atom. The van der Waals surface area contributed by atoms with Gasteiger partial charge < -0.3 is 5.32 Å². The first-order valence-electron chi connectivity index (χ1n) is 9.82. The Bertz CT molecular complexity index is 877. The van der Waals surface area contributed by atoms with Crippen LogP contribution in [0, 0.1) is 11.8 Å². The topological polar surface area (TPSA) is 64.0 Å². The molecule has 1 N–H and O–H groups in total. The minimum Gasteiger partial charge on any atom is -0.352 e. The maximum Gasteiger partial charge on any atom is 0.262 e. The fraction of sp³-hybridized carbons (Fsp3) is 0.571. The molecule has 0 bridgehead atoms. The molecular formula is C21H29N3O2S. The summed E-state index contributed by atoms with van der Waals surface area (Å²) in [6, 6.07) is 7.61. The third-order valence-electron chi connectivity index (χ3n) is 5.68. The second-order valence-electron chi connectivity index (χ2n) is 7.91. The van der Waals surface area contributed by atoms with Crippen molar-refractivity contribution < 1.29 is 4.79 Å². The molecule has 1 aromatic heterocycles. The van der Waals surface area contributed by atoms with Gasteiger partial charge in [-0.25, -0.2) is 4.98 Å². The highest BCUT2D eigenvalue weighted by molar-refractivity contribution is 7.99. The van der Waals surface area contributed by atoms with Crippen molar-refractivity contribution in [3.05, 3.63) is 34.6 Å². The van der Waals surface area contributed by atoms with Gasteiger partial charge in [0.1, 0.15) is 0 Å². The molecule has 1 aliphatic rings. The van der Waals surface area contributed by atoms with Gasteiger partial charge in [-0.05, 0) is 44.2 Å². The van der Waals surface area contributed by atoms with E-state index in [1.807, 2.05) is 32.0 Å². The van der Waals surface area contributed by atoms with E-state index < -0.39 is 0 Å². The molecule has 0 aliphatic heterocycles. The third kappa shape index (κ3) is 4.37. The number of fused-ring (bicyclic) bond motifs is 1. The lowest BCUT2D eigenvalue weighted by Gasteiger charge is -2.34. The Morgan fingerprint density at radius 3 is 2.78 bits per heavy atom. The van der Waals surface area contributed by atoms with E-state index in [1.165, 1.54) is 24.6 Å². The maximum absolute atomic E-state index is 12.8. The highest BCUT2D eigenvalue weighted by Gasteiger charge is 2.28. The average Bonchev–Trinajstić information content (AvgIpc) is 2.63. The third-order valence-corrected chi connectivity index (χ3v) is 6.63. The number of carbonyl (C=O) groups excluding carboxylic acids is 1. The standard InChI is InChI=1S/C21H29N3O2S/c1-13(2)24-20(26)16-9-5-6-10-18(16)23-21(24)27-12-19(25)22-17-11-7-8-14(3)15(17)4/h5-6,9-10,13-15,17H,7-8,11-12H2,1-4H3,(H,22,25). The minimum atomic E-state index is -0.0479. The fourth-order valence-electron chi connectivity index (χ4n) is 3.85. The van der Waals surface area contributed by atoms with Crippen LogP contribution in [0.2, 0.25) is 0 Å². The zero-order chi connectivity index (χ0) is 19.6. The van der Waals surface area contributed by atoms with E-state index in [2.05, 4.69) is 24.1 Å². The molecular weight excluding hydrogens is 358 g/mol. The van der Waals surface area contributed by atoms with Gasteiger partial charge in [0.05, 0.1) is 16.7 Å². The second kappa shape index (κ2) is 8.46. The molecule has 0 spiro atoms. The van der Waals surface area contributed by atoms with Crippen LogP contribution in [0.15, 0.2) is 34.2 Å². The number of nitrogens with zero attached hydrogens (tertiary/aromatic N) is 2. The molecule has 27 heavy (non-hydrogen) atoms. The summed E-state index contributed by atoms with van der Waals surface area (Å²) < 4.78 is 1.69. The van der Waals surface area contributed by atoms with Gasteiger partial charge in [0.25, 0.3) is 5.56 Å².